The van der Waals surface area contributed by atoms with Crippen molar-refractivity contribution >= 4 is 45.8 Å². The monoisotopic (exact) mass is 353 g/mol. The Morgan fingerprint density at radius 2 is 2.18 bits per heavy atom. The molecule has 0 bridgehead atoms. The molecule has 22 heavy (non-hydrogen) atoms. The van der Waals surface area contributed by atoms with Crippen molar-refractivity contribution in [3.63, 3.8) is 0 Å². The number of nitrogens with zero attached hydrogens (tertiary/aromatic N) is 3. The Labute approximate surface area is 142 Å². The first-order valence-corrected chi connectivity index (χ1v) is 8.32. The predicted octanol–water partition coefficient (Wildman–Crippen LogP) is 3.18. The van der Waals surface area contributed by atoms with E-state index in [9.17, 15) is 4.79 Å². The lowest BCUT2D eigenvalue weighted by molar-refractivity contribution is -0.125. The Balaban J connectivity index is 1.69. The second-order valence-electron chi connectivity index (χ2n) is 4.75. The van der Waals surface area contributed by atoms with Crippen LogP contribution in [0.3, 0.4) is 0 Å². The number of thiocarbonyl (C=S) groups is 1. The molecule has 2 aromatic rings. The van der Waals surface area contributed by atoms with Gasteiger partial charge in [0, 0.05) is 13.0 Å². The average Bonchev–Trinajstić information content (AvgIpc) is 3.04. The largest absolute Gasteiger partial charge is 0.421 e. The molecule has 1 unspecified atom stereocenters. The van der Waals surface area contributed by atoms with E-state index in [1.54, 1.807) is 11.0 Å². The van der Waals surface area contributed by atoms with Crippen LogP contribution in [-0.2, 0) is 11.2 Å². The van der Waals surface area contributed by atoms with Gasteiger partial charge in [-0.25, -0.2) is 0 Å². The van der Waals surface area contributed by atoms with Crippen molar-refractivity contribution in [1.29, 1.82) is 0 Å². The molecule has 1 amide bonds. The lowest BCUT2D eigenvalue weighted by Crippen LogP contribution is -2.32. The van der Waals surface area contributed by atoms with Gasteiger partial charge in [-0.15, -0.1) is 10.2 Å². The van der Waals surface area contributed by atoms with Gasteiger partial charge >= 0.3 is 0 Å². The molecule has 114 valence electrons. The quantitative estimate of drug-likeness (QED) is 0.787. The molecule has 1 saturated heterocycles. The zero-order valence-electron chi connectivity index (χ0n) is 11.7. The summed E-state index contributed by atoms with van der Waals surface area (Å²) < 4.78 is 6.21. The summed E-state index contributed by atoms with van der Waals surface area (Å²) in [5, 5.41) is 8.44. The number of thioether (sulfide) groups is 1. The van der Waals surface area contributed by atoms with Crippen molar-refractivity contribution in [2.24, 2.45) is 0 Å². The second kappa shape index (κ2) is 6.36. The summed E-state index contributed by atoms with van der Waals surface area (Å²) in [4.78, 5) is 13.5. The zero-order chi connectivity index (χ0) is 15.7. The van der Waals surface area contributed by atoms with Gasteiger partial charge in [0.2, 0.25) is 17.7 Å². The maximum Gasteiger partial charge on any atom is 0.249 e. The van der Waals surface area contributed by atoms with Gasteiger partial charge in [0.25, 0.3) is 0 Å². The normalized spacial score (nSPS) is 18.3. The van der Waals surface area contributed by atoms with E-state index < -0.39 is 0 Å². The molecule has 0 aliphatic carbocycles. The van der Waals surface area contributed by atoms with Gasteiger partial charge in [-0.05, 0) is 19.1 Å². The fourth-order valence-corrected chi connectivity index (χ4v) is 3.75. The second-order valence-corrected chi connectivity index (χ2v) is 7.13. The molecular formula is C14H12ClN3O2S2. The summed E-state index contributed by atoms with van der Waals surface area (Å²) in [6, 6.07) is 7.27. The number of benzene rings is 1. The number of rotatable bonds is 4. The zero-order valence-corrected chi connectivity index (χ0v) is 14.0. The maximum absolute atomic E-state index is 11.9. The Morgan fingerprint density at radius 1 is 1.41 bits per heavy atom. The van der Waals surface area contributed by atoms with Crippen LogP contribution in [0.25, 0.3) is 11.5 Å². The third kappa shape index (κ3) is 3.02. The van der Waals surface area contributed by atoms with Crippen LogP contribution in [0.1, 0.15) is 12.8 Å². The number of carbonyl (C=O) groups is 1. The van der Waals surface area contributed by atoms with Crippen LogP contribution in [-0.4, -0.2) is 37.1 Å². The van der Waals surface area contributed by atoms with Crippen molar-refractivity contribution < 1.29 is 9.21 Å². The van der Waals surface area contributed by atoms with Gasteiger partial charge in [0.1, 0.15) is 4.32 Å². The van der Waals surface area contributed by atoms with E-state index in [-0.39, 0.29) is 11.2 Å². The van der Waals surface area contributed by atoms with Crippen LogP contribution >= 0.6 is 35.6 Å². The summed E-state index contributed by atoms with van der Waals surface area (Å²) in [6.45, 7) is 2.29. The molecule has 3 rings (SSSR count). The highest BCUT2D eigenvalue weighted by molar-refractivity contribution is 8.24. The molecule has 5 nitrogen and oxygen atoms in total. The summed E-state index contributed by atoms with van der Waals surface area (Å²) in [5.74, 6) is 0.856. The number of aromatic nitrogens is 2. The third-order valence-corrected chi connectivity index (χ3v) is 5.05. The minimum atomic E-state index is -0.117. The third-order valence-electron chi connectivity index (χ3n) is 3.23. The minimum absolute atomic E-state index is 0.0286. The van der Waals surface area contributed by atoms with Crippen molar-refractivity contribution in [3.8, 4) is 11.5 Å². The number of carbonyl (C=O) groups excluding carboxylic acids is 1. The molecular weight excluding hydrogens is 342 g/mol. The lowest BCUT2D eigenvalue weighted by Gasteiger charge is -2.13. The minimum Gasteiger partial charge on any atom is -0.421 e. The predicted molar refractivity (Wildman–Crippen MR) is 89.8 cm³/mol. The van der Waals surface area contributed by atoms with Gasteiger partial charge < -0.3 is 4.42 Å². The average molecular weight is 354 g/mol. The van der Waals surface area contributed by atoms with Crippen LogP contribution in [0.15, 0.2) is 28.7 Å². The van der Waals surface area contributed by atoms with Gasteiger partial charge in [-0.3, -0.25) is 9.69 Å². The van der Waals surface area contributed by atoms with E-state index in [0.717, 1.165) is 0 Å². The first-order valence-electron chi connectivity index (χ1n) is 6.65. The molecule has 8 heteroatoms. The molecule has 1 aliphatic rings. The van der Waals surface area contributed by atoms with Crippen LogP contribution in [0.5, 0.6) is 0 Å². The Bertz CT molecular complexity index is 734. The van der Waals surface area contributed by atoms with Gasteiger partial charge in [0.05, 0.1) is 15.8 Å². The molecule has 1 aliphatic heterocycles. The molecule has 0 N–H and O–H groups in total. The Hall–Kier alpha value is -1.44. The summed E-state index contributed by atoms with van der Waals surface area (Å²) in [6.07, 6.45) is 0.455. The van der Waals surface area contributed by atoms with Crippen molar-refractivity contribution in [2.45, 2.75) is 18.6 Å². The fourth-order valence-electron chi connectivity index (χ4n) is 2.08. The lowest BCUT2D eigenvalue weighted by atomic mass is 10.2. The van der Waals surface area contributed by atoms with Crippen molar-refractivity contribution in [2.75, 3.05) is 6.54 Å². The highest BCUT2D eigenvalue weighted by Crippen LogP contribution is 2.28. The van der Waals surface area contributed by atoms with Crippen LogP contribution in [0, 0.1) is 0 Å². The number of halogens is 1. The molecule has 1 aromatic heterocycles. The van der Waals surface area contributed by atoms with Gasteiger partial charge in [-0.1, -0.05) is 47.7 Å². The van der Waals surface area contributed by atoms with Gasteiger partial charge in [-0.2, -0.15) is 0 Å². The van der Waals surface area contributed by atoms with E-state index in [4.69, 9.17) is 28.2 Å². The summed E-state index contributed by atoms with van der Waals surface area (Å²) in [5.41, 5.74) is 0.694. The van der Waals surface area contributed by atoms with Crippen LogP contribution in [0.4, 0.5) is 0 Å². The van der Waals surface area contributed by atoms with E-state index in [1.165, 1.54) is 11.8 Å². The first kappa shape index (κ1) is 15.5. The van der Waals surface area contributed by atoms with Crippen LogP contribution < -0.4 is 0 Å². The molecule has 1 aromatic carbocycles. The maximum atomic E-state index is 11.9. The molecule has 0 spiro atoms. The van der Waals surface area contributed by atoms with Crippen molar-refractivity contribution in [1.82, 2.24) is 15.1 Å². The number of hydrogen-bond acceptors (Lipinski definition) is 6. The molecule has 1 atom stereocenters. The Kier molecular flexibility index (Phi) is 4.46. The van der Waals surface area contributed by atoms with E-state index in [2.05, 4.69) is 10.2 Å². The molecule has 0 saturated carbocycles. The van der Waals surface area contributed by atoms with E-state index >= 15 is 0 Å². The highest BCUT2D eigenvalue weighted by Gasteiger charge is 2.33. The van der Waals surface area contributed by atoms with E-state index in [1.807, 2.05) is 25.1 Å². The molecule has 0 radical (unpaired) electrons. The van der Waals surface area contributed by atoms with Crippen LogP contribution in [0.2, 0.25) is 5.02 Å². The Morgan fingerprint density at radius 3 is 2.86 bits per heavy atom. The topological polar surface area (TPSA) is 59.2 Å². The standard InChI is InChI=1S/C14H12ClN3O2S2/c1-8-13(19)18(14(21)22-8)7-6-11-16-17-12(20-11)9-4-2-3-5-10(9)15/h2-5,8H,6-7H2,1H3. The SMILES string of the molecule is CC1SC(=S)N(CCc2nnc(-c3ccccc3Cl)o2)C1=O. The summed E-state index contributed by atoms with van der Waals surface area (Å²) in [7, 11) is 0. The number of hydrogen-bond donors (Lipinski definition) is 0. The number of amides is 1. The van der Waals surface area contributed by atoms with Gasteiger partial charge in [0.15, 0.2) is 0 Å². The first-order chi connectivity index (χ1) is 10.6. The smallest absolute Gasteiger partial charge is 0.249 e. The fraction of sp³-hybridized carbons (Fsp3) is 0.286. The van der Waals surface area contributed by atoms with Crippen molar-refractivity contribution in [3.05, 3.63) is 35.2 Å². The molecule has 2 heterocycles. The van der Waals surface area contributed by atoms with E-state index in [0.29, 0.717) is 39.7 Å². The molecule has 1 fully saturated rings. The summed E-state index contributed by atoms with van der Waals surface area (Å²) >= 11 is 12.7. The highest BCUT2D eigenvalue weighted by atomic mass is 35.5.